The number of fused-ring (bicyclic) bond motifs is 1. The number of nitro benzene ring substituents is 1. The van der Waals surface area contributed by atoms with E-state index in [1.807, 2.05) is 0 Å². The fourth-order valence-electron chi connectivity index (χ4n) is 2.01. The molecule has 0 aliphatic carbocycles. The van der Waals surface area contributed by atoms with Gasteiger partial charge in [-0.15, -0.1) is 0 Å². The molecule has 0 radical (unpaired) electrons. The maximum atomic E-state index is 12.4. The van der Waals surface area contributed by atoms with Gasteiger partial charge in [-0.3, -0.25) is 24.7 Å². The Morgan fingerprint density at radius 1 is 1.25 bits per heavy atom. The summed E-state index contributed by atoms with van der Waals surface area (Å²) in [4.78, 5) is 26.6. The Kier molecular flexibility index (Phi) is 4.21. The van der Waals surface area contributed by atoms with E-state index in [9.17, 15) is 14.9 Å². The molecule has 0 fully saturated rings. The second-order valence-electron chi connectivity index (χ2n) is 4.72. The topological polar surface area (TPSA) is 102 Å². The van der Waals surface area contributed by atoms with Crippen LogP contribution in [-0.4, -0.2) is 20.5 Å². The first-order valence-corrected chi connectivity index (χ1v) is 7.14. The first-order chi connectivity index (χ1) is 11.6. The van der Waals surface area contributed by atoms with E-state index in [1.165, 1.54) is 34.9 Å². The number of benzene rings is 1. The van der Waals surface area contributed by atoms with Gasteiger partial charge in [0, 0.05) is 18.3 Å². The third-order valence-corrected chi connectivity index (χ3v) is 3.48. The van der Waals surface area contributed by atoms with E-state index in [2.05, 4.69) is 15.5 Å². The highest BCUT2D eigenvalue weighted by Crippen LogP contribution is 2.15. The molecule has 24 heavy (non-hydrogen) atoms. The summed E-state index contributed by atoms with van der Waals surface area (Å²) in [7, 11) is 0. The number of pyridine rings is 1. The maximum absolute atomic E-state index is 12.4. The fourth-order valence-corrected chi connectivity index (χ4v) is 2.23. The van der Waals surface area contributed by atoms with E-state index < -0.39 is 4.92 Å². The molecule has 0 atom stereocenters. The van der Waals surface area contributed by atoms with Crippen LogP contribution in [0.4, 0.5) is 11.4 Å². The van der Waals surface area contributed by atoms with Gasteiger partial charge in [0.15, 0.2) is 0 Å². The van der Waals surface area contributed by atoms with E-state index in [4.69, 9.17) is 11.6 Å². The van der Waals surface area contributed by atoms with Crippen LogP contribution in [0.3, 0.4) is 0 Å². The van der Waals surface area contributed by atoms with Gasteiger partial charge < -0.3 is 0 Å². The van der Waals surface area contributed by atoms with E-state index in [1.54, 1.807) is 24.4 Å². The van der Waals surface area contributed by atoms with Crippen LogP contribution in [0.15, 0.2) is 58.6 Å². The number of nitrogens with one attached hydrogen (secondary N) is 1. The lowest BCUT2D eigenvalue weighted by molar-refractivity contribution is -0.384. The molecule has 0 unspecified atom stereocenters. The molecule has 3 rings (SSSR count). The number of hydrogen-bond acceptors (Lipinski definition) is 6. The molecule has 0 aliphatic heterocycles. The lowest BCUT2D eigenvalue weighted by Gasteiger charge is -2.03. The number of non-ortho nitro benzene ring substituents is 1. The highest BCUT2D eigenvalue weighted by molar-refractivity contribution is 6.32. The minimum Gasteiger partial charge on any atom is -0.278 e. The number of rotatable bonds is 4. The minimum atomic E-state index is -0.492. The highest BCUT2D eigenvalue weighted by atomic mass is 35.5. The molecule has 3 aromatic rings. The molecule has 1 aromatic carbocycles. The summed E-state index contributed by atoms with van der Waals surface area (Å²) >= 11 is 6.03. The predicted molar refractivity (Wildman–Crippen MR) is 90.8 cm³/mol. The van der Waals surface area contributed by atoms with Crippen molar-refractivity contribution in [3.8, 4) is 0 Å². The third kappa shape index (κ3) is 3.08. The summed E-state index contributed by atoms with van der Waals surface area (Å²) in [5.41, 5.74) is 3.40. The molecule has 0 aliphatic rings. The molecule has 2 aromatic heterocycles. The summed E-state index contributed by atoms with van der Waals surface area (Å²) in [6, 6.07) is 10.8. The quantitative estimate of drug-likeness (QED) is 0.339. The number of halogens is 1. The molecule has 8 nitrogen and oxygen atoms in total. The third-order valence-electron chi connectivity index (χ3n) is 3.19. The van der Waals surface area contributed by atoms with E-state index in [-0.39, 0.29) is 22.0 Å². The summed E-state index contributed by atoms with van der Waals surface area (Å²) in [6.45, 7) is 0. The minimum absolute atomic E-state index is 0.0236. The Hall–Kier alpha value is -3.26. The summed E-state index contributed by atoms with van der Waals surface area (Å²) in [5, 5.41) is 14.6. The van der Waals surface area contributed by atoms with Gasteiger partial charge in [-0.2, -0.15) is 5.10 Å². The number of aromatic nitrogens is 2. The molecule has 9 heteroatoms. The largest absolute Gasteiger partial charge is 0.278 e. The molecule has 1 N–H and O–H groups in total. The van der Waals surface area contributed by atoms with Crippen molar-refractivity contribution in [2.75, 3.05) is 5.43 Å². The number of nitro groups is 1. The van der Waals surface area contributed by atoms with E-state index >= 15 is 0 Å². The Morgan fingerprint density at radius 3 is 2.71 bits per heavy atom. The second-order valence-corrected chi connectivity index (χ2v) is 5.08. The molecular weight excluding hydrogens is 334 g/mol. The second kappa shape index (κ2) is 6.47. The van der Waals surface area contributed by atoms with E-state index in [0.717, 1.165) is 0 Å². The van der Waals surface area contributed by atoms with Crippen molar-refractivity contribution in [1.29, 1.82) is 0 Å². The number of nitrogens with zero attached hydrogens (tertiary/aromatic N) is 4. The van der Waals surface area contributed by atoms with E-state index in [0.29, 0.717) is 11.3 Å². The van der Waals surface area contributed by atoms with Gasteiger partial charge in [-0.1, -0.05) is 17.7 Å². The van der Waals surface area contributed by atoms with Crippen LogP contribution in [0, 0.1) is 10.1 Å². The van der Waals surface area contributed by atoms with Crippen LogP contribution in [0.25, 0.3) is 5.65 Å². The molecular formula is C15H10ClN5O3. The normalized spacial score (nSPS) is 11.0. The van der Waals surface area contributed by atoms with Gasteiger partial charge in [0.2, 0.25) is 0 Å². The average Bonchev–Trinajstić information content (AvgIpc) is 2.58. The van der Waals surface area contributed by atoms with Crippen molar-refractivity contribution in [2.45, 2.75) is 0 Å². The van der Waals surface area contributed by atoms with Gasteiger partial charge in [0.05, 0.1) is 22.4 Å². The Bertz CT molecular complexity index is 998. The Balaban J connectivity index is 1.85. The molecule has 0 saturated heterocycles. The summed E-state index contributed by atoms with van der Waals surface area (Å²) < 4.78 is 1.36. The Labute approximate surface area is 140 Å². The standard InChI is InChI=1S/C15H10ClN5O3/c16-14-12(15(22)20-8-2-1-3-13(20)18-14)9-17-19-10-4-6-11(7-5-10)21(23)24/h1-9,19H. The molecule has 0 bridgehead atoms. The summed E-state index contributed by atoms with van der Waals surface area (Å²) in [6.07, 6.45) is 2.85. The Morgan fingerprint density at radius 2 is 2.00 bits per heavy atom. The van der Waals surface area contributed by atoms with Crippen molar-refractivity contribution >= 4 is 34.8 Å². The SMILES string of the molecule is O=c1c(C=NNc2ccc([N+](=O)[O-])cc2)c(Cl)nc2ccccn12. The van der Waals surface area contributed by atoms with Crippen LogP contribution in [-0.2, 0) is 0 Å². The van der Waals surface area contributed by atoms with Crippen LogP contribution in [0.2, 0.25) is 5.15 Å². The van der Waals surface area contributed by atoms with Crippen LogP contribution < -0.4 is 11.0 Å². The zero-order chi connectivity index (χ0) is 17.1. The molecule has 120 valence electrons. The van der Waals surface area contributed by atoms with Crippen molar-refractivity contribution in [3.05, 3.63) is 79.8 Å². The smallest absolute Gasteiger partial charge is 0.269 e. The lowest BCUT2D eigenvalue weighted by Crippen LogP contribution is -2.20. The molecule has 0 spiro atoms. The fraction of sp³-hybridized carbons (Fsp3) is 0. The van der Waals surface area contributed by atoms with Crippen molar-refractivity contribution in [1.82, 2.24) is 9.38 Å². The molecule has 0 saturated carbocycles. The highest BCUT2D eigenvalue weighted by Gasteiger charge is 2.09. The van der Waals surface area contributed by atoms with Crippen molar-refractivity contribution in [3.63, 3.8) is 0 Å². The zero-order valence-corrected chi connectivity index (χ0v) is 12.8. The first-order valence-electron chi connectivity index (χ1n) is 6.77. The van der Waals surface area contributed by atoms with Crippen LogP contribution in [0.1, 0.15) is 5.56 Å². The van der Waals surface area contributed by atoms with Crippen LogP contribution >= 0.6 is 11.6 Å². The molecule has 2 heterocycles. The zero-order valence-electron chi connectivity index (χ0n) is 12.1. The van der Waals surface area contributed by atoms with Crippen molar-refractivity contribution in [2.24, 2.45) is 5.10 Å². The van der Waals surface area contributed by atoms with Gasteiger partial charge in [-0.25, -0.2) is 4.98 Å². The molecule has 0 amide bonds. The van der Waals surface area contributed by atoms with Gasteiger partial charge in [0.25, 0.3) is 11.2 Å². The van der Waals surface area contributed by atoms with Gasteiger partial charge in [0.1, 0.15) is 10.8 Å². The monoisotopic (exact) mass is 343 g/mol. The number of anilines is 1. The van der Waals surface area contributed by atoms with Crippen molar-refractivity contribution < 1.29 is 4.92 Å². The van der Waals surface area contributed by atoms with Crippen LogP contribution in [0.5, 0.6) is 0 Å². The lowest BCUT2D eigenvalue weighted by atomic mass is 10.3. The maximum Gasteiger partial charge on any atom is 0.269 e. The van der Waals surface area contributed by atoms with Gasteiger partial charge in [-0.05, 0) is 24.3 Å². The summed E-state index contributed by atoms with van der Waals surface area (Å²) in [5.74, 6) is 0. The average molecular weight is 344 g/mol. The predicted octanol–water partition coefficient (Wildman–Crippen LogP) is 2.70. The first kappa shape index (κ1) is 15.6. The number of hydrazone groups is 1. The number of hydrogen-bond donors (Lipinski definition) is 1. The van der Waals surface area contributed by atoms with Gasteiger partial charge >= 0.3 is 0 Å².